The van der Waals surface area contributed by atoms with Gasteiger partial charge in [0.2, 0.25) is 0 Å². The van der Waals surface area contributed by atoms with E-state index in [4.69, 9.17) is 0 Å². The van der Waals surface area contributed by atoms with Gasteiger partial charge in [-0.05, 0) is 36.1 Å². The van der Waals surface area contributed by atoms with Crippen molar-refractivity contribution in [2.75, 3.05) is 0 Å². The molecule has 0 atom stereocenters. The van der Waals surface area contributed by atoms with Crippen LogP contribution in [0.4, 0.5) is 5.69 Å². The van der Waals surface area contributed by atoms with Gasteiger partial charge in [0.25, 0.3) is 5.69 Å². The van der Waals surface area contributed by atoms with Gasteiger partial charge in [0.05, 0.1) is 4.92 Å². The number of benzene rings is 2. The second kappa shape index (κ2) is 5.95. The maximum atomic E-state index is 11.1. The molecule has 0 saturated carbocycles. The summed E-state index contributed by atoms with van der Waals surface area (Å²) in [6.45, 7) is 0.516. The third-order valence-corrected chi connectivity index (χ3v) is 4.37. The highest BCUT2D eigenvalue weighted by Gasteiger charge is 2.21. The van der Waals surface area contributed by atoms with Gasteiger partial charge in [-0.15, -0.1) is 0 Å². The molecule has 5 heteroatoms. The van der Waals surface area contributed by atoms with Gasteiger partial charge >= 0.3 is 0 Å². The molecular weight excluding hydrogens is 332 g/mol. The minimum atomic E-state index is -0.328. The first-order valence-electron chi connectivity index (χ1n) is 6.86. The molecule has 2 aromatic carbocycles. The highest BCUT2D eigenvalue weighted by molar-refractivity contribution is 9.10. The first-order valence-corrected chi connectivity index (χ1v) is 7.66. The molecular formula is C16H15BrN2O2. The second-order valence-corrected chi connectivity index (χ2v) is 6.20. The SMILES string of the molecule is O=[N+]([O-])c1cc(Br)ccc1CNC1Cc2ccccc2C1. The molecule has 3 rings (SSSR count). The van der Waals surface area contributed by atoms with Crippen molar-refractivity contribution in [2.24, 2.45) is 0 Å². The lowest BCUT2D eigenvalue weighted by molar-refractivity contribution is -0.385. The fourth-order valence-electron chi connectivity index (χ4n) is 2.81. The van der Waals surface area contributed by atoms with Crippen LogP contribution in [0.2, 0.25) is 0 Å². The average Bonchev–Trinajstić information content (AvgIpc) is 2.88. The van der Waals surface area contributed by atoms with Gasteiger partial charge < -0.3 is 5.32 Å². The Kier molecular flexibility index (Phi) is 4.03. The van der Waals surface area contributed by atoms with E-state index in [1.807, 2.05) is 6.07 Å². The van der Waals surface area contributed by atoms with Crippen molar-refractivity contribution in [3.8, 4) is 0 Å². The Morgan fingerprint density at radius 3 is 2.48 bits per heavy atom. The molecule has 0 bridgehead atoms. The van der Waals surface area contributed by atoms with Gasteiger partial charge in [-0.1, -0.05) is 40.2 Å². The monoisotopic (exact) mass is 346 g/mol. The van der Waals surface area contributed by atoms with Crippen molar-refractivity contribution in [3.05, 3.63) is 73.7 Å². The molecule has 21 heavy (non-hydrogen) atoms. The van der Waals surface area contributed by atoms with E-state index >= 15 is 0 Å². The number of nitro groups is 1. The van der Waals surface area contributed by atoms with Gasteiger partial charge in [-0.25, -0.2) is 0 Å². The van der Waals surface area contributed by atoms with Gasteiger partial charge in [-0.3, -0.25) is 10.1 Å². The summed E-state index contributed by atoms with van der Waals surface area (Å²) in [5, 5.41) is 14.5. The molecule has 2 aromatic rings. The van der Waals surface area contributed by atoms with Crippen LogP contribution in [-0.2, 0) is 19.4 Å². The standard InChI is InChI=1S/C16H15BrN2O2/c17-14-6-5-13(16(9-14)19(20)21)10-18-15-7-11-3-1-2-4-12(11)8-15/h1-6,9,15,18H,7-8,10H2. The highest BCUT2D eigenvalue weighted by Crippen LogP contribution is 2.25. The zero-order valence-corrected chi connectivity index (χ0v) is 13.0. The van der Waals surface area contributed by atoms with E-state index in [0.717, 1.165) is 22.9 Å². The van der Waals surface area contributed by atoms with Crippen molar-refractivity contribution in [1.82, 2.24) is 5.32 Å². The fraction of sp³-hybridized carbons (Fsp3) is 0.250. The van der Waals surface area contributed by atoms with Crippen LogP contribution < -0.4 is 5.32 Å². The molecule has 0 amide bonds. The van der Waals surface area contributed by atoms with Crippen LogP contribution in [0.5, 0.6) is 0 Å². The van der Waals surface area contributed by atoms with E-state index < -0.39 is 0 Å². The summed E-state index contributed by atoms with van der Waals surface area (Å²) in [6, 6.07) is 14.0. The van der Waals surface area contributed by atoms with E-state index in [0.29, 0.717) is 12.6 Å². The summed E-state index contributed by atoms with van der Waals surface area (Å²) in [5.74, 6) is 0. The van der Waals surface area contributed by atoms with Crippen molar-refractivity contribution in [3.63, 3.8) is 0 Å². The van der Waals surface area contributed by atoms with Crippen molar-refractivity contribution < 1.29 is 4.92 Å². The number of hydrogen-bond donors (Lipinski definition) is 1. The van der Waals surface area contributed by atoms with E-state index in [-0.39, 0.29) is 10.6 Å². The summed E-state index contributed by atoms with van der Waals surface area (Å²) in [6.07, 6.45) is 1.97. The Labute approximate surface area is 131 Å². The van der Waals surface area contributed by atoms with Crippen LogP contribution >= 0.6 is 15.9 Å². The second-order valence-electron chi connectivity index (χ2n) is 5.28. The lowest BCUT2D eigenvalue weighted by Gasteiger charge is -2.12. The van der Waals surface area contributed by atoms with E-state index in [2.05, 4.69) is 45.5 Å². The predicted octanol–water partition coefficient (Wildman–Crippen LogP) is 3.61. The smallest absolute Gasteiger partial charge is 0.275 e. The molecule has 0 spiro atoms. The number of nitrogens with one attached hydrogen (secondary N) is 1. The van der Waals surface area contributed by atoms with E-state index in [1.165, 1.54) is 11.1 Å². The minimum absolute atomic E-state index is 0.160. The Morgan fingerprint density at radius 2 is 1.86 bits per heavy atom. The van der Waals surface area contributed by atoms with Gasteiger partial charge in [0.1, 0.15) is 0 Å². The quantitative estimate of drug-likeness (QED) is 0.679. The molecule has 108 valence electrons. The van der Waals surface area contributed by atoms with Crippen LogP contribution in [0.3, 0.4) is 0 Å². The molecule has 1 aliphatic rings. The molecule has 0 saturated heterocycles. The lowest BCUT2D eigenvalue weighted by atomic mass is 10.1. The molecule has 1 aliphatic carbocycles. The van der Waals surface area contributed by atoms with Gasteiger partial charge in [0.15, 0.2) is 0 Å². The zero-order valence-electron chi connectivity index (χ0n) is 11.4. The molecule has 0 aliphatic heterocycles. The first kappa shape index (κ1) is 14.2. The molecule has 0 aromatic heterocycles. The van der Waals surface area contributed by atoms with Crippen LogP contribution in [-0.4, -0.2) is 11.0 Å². The van der Waals surface area contributed by atoms with Crippen molar-refractivity contribution in [1.29, 1.82) is 0 Å². The average molecular weight is 347 g/mol. The molecule has 0 unspecified atom stereocenters. The molecule has 0 heterocycles. The largest absolute Gasteiger partial charge is 0.309 e. The number of nitro benzene ring substituents is 1. The maximum Gasteiger partial charge on any atom is 0.275 e. The summed E-state index contributed by atoms with van der Waals surface area (Å²) in [5.41, 5.74) is 3.63. The molecule has 0 fully saturated rings. The molecule has 4 nitrogen and oxygen atoms in total. The van der Waals surface area contributed by atoms with Crippen molar-refractivity contribution in [2.45, 2.75) is 25.4 Å². The third kappa shape index (κ3) is 3.14. The van der Waals surface area contributed by atoms with E-state index in [1.54, 1.807) is 12.1 Å². The zero-order chi connectivity index (χ0) is 14.8. The summed E-state index contributed by atoms with van der Waals surface area (Å²) in [4.78, 5) is 10.8. The fourth-order valence-corrected chi connectivity index (χ4v) is 3.16. The Bertz CT molecular complexity index is 663. The number of hydrogen-bond acceptors (Lipinski definition) is 3. The summed E-state index contributed by atoms with van der Waals surface area (Å²) >= 11 is 3.28. The first-order chi connectivity index (χ1) is 10.1. The summed E-state index contributed by atoms with van der Waals surface area (Å²) < 4.78 is 0.728. The maximum absolute atomic E-state index is 11.1. The highest BCUT2D eigenvalue weighted by atomic mass is 79.9. The summed E-state index contributed by atoms with van der Waals surface area (Å²) in [7, 11) is 0. The number of fused-ring (bicyclic) bond motifs is 1. The number of halogens is 1. The van der Waals surface area contributed by atoms with Gasteiger partial charge in [-0.2, -0.15) is 0 Å². The normalized spacial score (nSPS) is 14.1. The van der Waals surface area contributed by atoms with Crippen molar-refractivity contribution >= 4 is 21.6 Å². The van der Waals surface area contributed by atoms with Crippen LogP contribution in [0.1, 0.15) is 16.7 Å². The number of rotatable bonds is 4. The van der Waals surface area contributed by atoms with Crippen LogP contribution in [0.25, 0.3) is 0 Å². The van der Waals surface area contributed by atoms with Crippen LogP contribution in [0.15, 0.2) is 46.9 Å². The van der Waals surface area contributed by atoms with Gasteiger partial charge in [0, 0.05) is 28.7 Å². The predicted molar refractivity (Wildman–Crippen MR) is 85.3 cm³/mol. The Morgan fingerprint density at radius 1 is 1.19 bits per heavy atom. The Balaban J connectivity index is 1.68. The molecule has 0 radical (unpaired) electrons. The topological polar surface area (TPSA) is 55.2 Å². The van der Waals surface area contributed by atoms with Crippen LogP contribution in [0, 0.1) is 10.1 Å². The molecule has 1 N–H and O–H groups in total. The van der Waals surface area contributed by atoms with E-state index in [9.17, 15) is 10.1 Å². The Hall–Kier alpha value is -1.72. The lowest BCUT2D eigenvalue weighted by Crippen LogP contribution is -2.29. The third-order valence-electron chi connectivity index (χ3n) is 3.88. The number of nitrogens with zero attached hydrogens (tertiary/aromatic N) is 1. The minimum Gasteiger partial charge on any atom is -0.309 e.